The van der Waals surface area contributed by atoms with Gasteiger partial charge in [-0.05, 0) is 25.3 Å². The van der Waals surface area contributed by atoms with Gasteiger partial charge in [0.2, 0.25) is 0 Å². The van der Waals surface area contributed by atoms with Crippen LogP contribution in [0.5, 0.6) is 0 Å². The van der Waals surface area contributed by atoms with Crippen LogP contribution in [0, 0.1) is 6.92 Å². The lowest BCUT2D eigenvalue weighted by Crippen LogP contribution is -2.36. The first-order valence-corrected chi connectivity index (χ1v) is 7.76. The van der Waals surface area contributed by atoms with Gasteiger partial charge in [-0.3, -0.25) is 9.59 Å². The second-order valence-electron chi connectivity index (χ2n) is 5.28. The predicted molar refractivity (Wildman–Crippen MR) is 79.3 cm³/mol. The highest BCUT2D eigenvalue weighted by molar-refractivity contribution is 7.20. The summed E-state index contributed by atoms with van der Waals surface area (Å²) in [7, 11) is 0. The summed E-state index contributed by atoms with van der Waals surface area (Å²) in [5.74, 6) is -0.0724. The minimum Gasteiger partial charge on any atom is -0.349 e. The summed E-state index contributed by atoms with van der Waals surface area (Å²) in [5, 5.41) is 3.62. The van der Waals surface area contributed by atoms with Crippen molar-refractivity contribution in [3.05, 3.63) is 27.1 Å². The molecule has 0 saturated heterocycles. The lowest BCUT2D eigenvalue weighted by atomic mass is 9.95. The number of aromatic nitrogens is 2. The first kappa shape index (κ1) is 13.3. The summed E-state index contributed by atoms with van der Waals surface area (Å²) in [4.78, 5) is 32.1. The number of nitrogens with one attached hydrogen (secondary N) is 2. The molecule has 0 aliphatic heterocycles. The molecule has 1 amide bonds. The number of aromatic amines is 1. The largest absolute Gasteiger partial charge is 0.349 e. The molecule has 5 nitrogen and oxygen atoms in total. The van der Waals surface area contributed by atoms with Gasteiger partial charge in [0.25, 0.3) is 11.5 Å². The van der Waals surface area contributed by atoms with Crippen LogP contribution in [0.15, 0.2) is 11.1 Å². The number of nitrogens with zero attached hydrogens (tertiary/aromatic N) is 1. The number of amides is 1. The fourth-order valence-electron chi connectivity index (χ4n) is 2.79. The van der Waals surface area contributed by atoms with Crippen LogP contribution in [0.25, 0.3) is 10.2 Å². The first-order valence-electron chi connectivity index (χ1n) is 6.94. The van der Waals surface area contributed by atoms with Crippen LogP contribution in [0.2, 0.25) is 0 Å². The van der Waals surface area contributed by atoms with E-state index in [1.165, 1.54) is 36.9 Å². The van der Waals surface area contributed by atoms with Crippen LogP contribution >= 0.6 is 11.3 Å². The quantitative estimate of drug-likeness (QED) is 0.892. The average Bonchev–Trinajstić information content (AvgIpc) is 2.79. The molecule has 1 aliphatic carbocycles. The van der Waals surface area contributed by atoms with E-state index in [9.17, 15) is 9.59 Å². The number of fused-ring (bicyclic) bond motifs is 1. The average molecular weight is 291 g/mol. The van der Waals surface area contributed by atoms with Gasteiger partial charge in [-0.25, -0.2) is 4.98 Å². The molecule has 1 fully saturated rings. The minimum absolute atomic E-state index is 0.0724. The summed E-state index contributed by atoms with van der Waals surface area (Å²) in [6, 6.07) is 0.270. The Morgan fingerprint density at radius 2 is 2.15 bits per heavy atom. The monoisotopic (exact) mass is 291 g/mol. The number of hydrogen-bond acceptors (Lipinski definition) is 4. The molecule has 20 heavy (non-hydrogen) atoms. The number of aryl methyl sites for hydroxylation is 1. The van der Waals surface area contributed by atoms with Crippen molar-refractivity contribution in [1.82, 2.24) is 15.3 Å². The number of H-pyrrole nitrogens is 1. The number of carbonyl (C=O) groups excluding carboxylic acids is 1. The Morgan fingerprint density at radius 3 is 2.85 bits per heavy atom. The zero-order chi connectivity index (χ0) is 14.1. The van der Waals surface area contributed by atoms with Crippen molar-refractivity contribution in [2.45, 2.75) is 45.1 Å². The van der Waals surface area contributed by atoms with Crippen LogP contribution in [0.1, 0.15) is 47.3 Å². The maximum Gasteiger partial charge on any atom is 0.261 e. The second-order valence-corrected chi connectivity index (χ2v) is 6.28. The van der Waals surface area contributed by atoms with Crippen LogP contribution in [-0.2, 0) is 0 Å². The molecule has 2 heterocycles. The molecule has 0 atom stereocenters. The maximum atomic E-state index is 12.4. The Balaban J connectivity index is 1.89. The molecule has 0 unspecified atom stereocenters. The first-order chi connectivity index (χ1) is 9.66. The fourth-order valence-corrected chi connectivity index (χ4v) is 3.85. The Hall–Kier alpha value is -1.69. The molecule has 0 aromatic carbocycles. The summed E-state index contributed by atoms with van der Waals surface area (Å²) in [6.45, 7) is 1.81. The van der Waals surface area contributed by atoms with Crippen molar-refractivity contribution in [3.63, 3.8) is 0 Å². The maximum absolute atomic E-state index is 12.4. The molecule has 2 aromatic rings. The zero-order valence-electron chi connectivity index (χ0n) is 11.4. The topological polar surface area (TPSA) is 74.8 Å². The number of hydrogen-bond donors (Lipinski definition) is 2. The Labute approximate surface area is 120 Å². The Morgan fingerprint density at radius 1 is 1.40 bits per heavy atom. The zero-order valence-corrected chi connectivity index (χ0v) is 12.2. The van der Waals surface area contributed by atoms with E-state index >= 15 is 0 Å². The molecule has 0 bridgehead atoms. The Bertz CT molecular complexity index is 698. The number of carbonyl (C=O) groups is 1. The second kappa shape index (κ2) is 5.36. The van der Waals surface area contributed by atoms with Crippen molar-refractivity contribution in [2.75, 3.05) is 0 Å². The van der Waals surface area contributed by atoms with Gasteiger partial charge in [0, 0.05) is 6.04 Å². The Kier molecular flexibility index (Phi) is 3.56. The van der Waals surface area contributed by atoms with E-state index < -0.39 is 0 Å². The summed E-state index contributed by atoms with van der Waals surface area (Å²) in [5.41, 5.74) is 0.549. The molecule has 1 aliphatic rings. The van der Waals surface area contributed by atoms with Crippen molar-refractivity contribution < 1.29 is 4.79 Å². The van der Waals surface area contributed by atoms with E-state index in [4.69, 9.17) is 0 Å². The molecule has 6 heteroatoms. The van der Waals surface area contributed by atoms with Crippen molar-refractivity contribution >= 4 is 27.5 Å². The van der Waals surface area contributed by atoms with Crippen LogP contribution in [0.3, 0.4) is 0 Å². The number of rotatable bonds is 2. The number of thiophene rings is 1. The highest BCUT2D eigenvalue weighted by Crippen LogP contribution is 2.27. The third-order valence-electron chi connectivity index (χ3n) is 3.88. The summed E-state index contributed by atoms with van der Waals surface area (Å²) < 4.78 is 0. The van der Waals surface area contributed by atoms with Gasteiger partial charge in [-0.2, -0.15) is 0 Å². The van der Waals surface area contributed by atoms with E-state index in [2.05, 4.69) is 15.3 Å². The van der Waals surface area contributed by atoms with E-state index in [-0.39, 0.29) is 17.5 Å². The highest BCUT2D eigenvalue weighted by Gasteiger charge is 2.21. The molecule has 1 saturated carbocycles. The van der Waals surface area contributed by atoms with Gasteiger partial charge in [-0.1, -0.05) is 19.3 Å². The summed E-state index contributed by atoms with van der Waals surface area (Å²) in [6.07, 6.45) is 7.09. The molecule has 0 spiro atoms. The molecular weight excluding hydrogens is 274 g/mol. The van der Waals surface area contributed by atoms with E-state index in [1.807, 2.05) is 6.92 Å². The molecule has 106 valence electrons. The predicted octanol–water partition coefficient (Wildman–Crippen LogP) is 2.36. The van der Waals surface area contributed by atoms with E-state index in [1.54, 1.807) is 0 Å². The molecule has 2 aromatic heterocycles. The van der Waals surface area contributed by atoms with Gasteiger partial charge < -0.3 is 10.3 Å². The molecule has 3 rings (SSSR count). The minimum atomic E-state index is -0.180. The fraction of sp³-hybridized carbons (Fsp3) is 0.500. The van der Waals surface area contributed by atoms with Crippen molar-refractivity contribution in [1.29, 1.82) is 0 Å². The normalized spacial score (nSPS) is 16.4. The standard InChI is InChI=1S/C14H17N3O2S/c1-8-10-12(18)15-7-16-14(10)20-11(8)13(19)17-9-5-3-2-4-6-9/h7,9H,2-6H2,1H3,(H,17,19)(H,15,16,18). The molecule has 0 radical (unpaired) electrons. The third-order valence-corrected chi connectivity index (χ3v) is 5.08. The lowest BCUT2D eigenvalue weighted by Gasteiger charge is -2.22. The van der Waals surface area contributed by atoms with Crippen LogP contribution in [0.4, 0.5) is 0 Å². The van der Waals surface area contributed by atoms with E-state index in [0.717, 1.165) is 18.4 Å². The SMILES string of the molecule is Cc1c(C(=O)NC2CCCCC2)sc2nc[nH]c(=O)c12. The van der Waals surface area contributed by atoms with Crippen molar-refractivity contribution in [3.8, 4) is 0 Å². The van der Waals surface area contributed by atoms with Gasteiger partial charge in [-0.15, -0.1) is 11.3 Å². The van der Waals surface area contributed by atoms with Gasteiger partial charge in [0.1, 0.15) is 4.83 Å². The third kappa shape index (κ3) is 2.35. The lowest BCUT2D eigenvalue weighted by molar-refractivity contribution is 0.0931. The van der Waals surface area contributed by atoms with Crippen LogP contribution in [-0.4, -0.2) is 21.9 Å². The van der Waals surface area contributed by atoms with Gasteiger partial charge in [0.15, 0.2) is 0 Å². The van der Waals surface area contributed by atoms with Crippen molar-refractivity contribution in [2.24, 2.45) is 0 Å². The van der Waals surface area contributed by atoms with Gasteiger partial charge in [0.05, 0.1) is 16.6 Å². The van der Waals surface area contributed by atoms with Crippen LogP contribution < -0.4 is 10.9 Å². The van der Waals surface area contributed by atoms with E-state index in [0.29, 0.717) is 15.1 Å². The molecule has 2 N–H and O–H groups in total. The summed E-state index contributed by atoms with van der Waals surface area (Å²) >= 11 is 1.29. The van der Waals surface area contributed by atoms with Gasteiger partial charge >= 0.3 is 0 Å². The smallest absolute Gasteiger partial charge is 0.261 e. The molecular formula is C14H17N3O2S. The highest BCUT2D eigenvalue weighted by atomic mass is 32.1.